The van der Waals surface area contributed by atoms with Crippen molar-refractivity contribution in [3.05, 3.63) is 94.7 Å². The lowest BCUT2D eigenvalue weighted by atomic mass is 10.2. The van der Waals surface area contributed by atoms with Crippen molar-refractivity contribution >= 4 is 73.7 Å². The van der Waals surface area contributed by atoms with Crippen LogP contribution in [-0.2, 0) is 0 Å². The van der Waals surface area contributed by atoms with Crippen molar-refractivity contribution in [3.8, 4) is 21.9 Å². The number of nitrogens with zero attached hydrogens (tertiary/aromatic N) is 1. The van der Waals surface area contributed by atoms with Crippen LogP contribution < -0.4 is 10.6 Å². The number of thiocarbonyl (C=S) groups is 1. The number of carbonyl (C=O) groups excluding carboxylic acids is 1. The number of carbonyl (C=O) groups is 1. The highest BCUT2D eigenvalue weighted by atomic mass is 35.5. The van der Waals surface area contributed by atoms with E-state index in [1.807, 2.05) is 42.5 Å². The second-order valence-corrected chi connectivity index (χ2v) is 9.46. The molecular formula is C25H15Cl2N3O2S2. The zero-order chi connectivity index (χ0) is 23.7. The number of anilines is 1. The number of amides is 1. The topological polar surface area (TPSA) is 67.2 Å². The molecule has 5 rings (SSSR count). The first-order valence-corrected chi connectivity index (χ1v) is 12.1. The summed E-state index contributed by atoms with van der Waals surface area (Å²) in [5.41, 5.74) is 3.32. The molecule has 0 unspecified atom stereocenters. The van der Waals surface area contributed by atoms with Crippen LogP contribution in [0.1, 0.15) is 10.6 Å². The minimum absolute atomic E-state index is 0.0985. The molecule has 0 bridgehead atoms. The van der Waals surface area contributed by atoms with Crippen molar-refractivity contribution in [2.75, 3.05) is 5.32 Å². The van der Waals surface area contributed by atoms with E-state index in [0.717, 1.165) is 26.5 Å². The molecule has 9 heteroatoms. The largest absolute Gasteiger partial charge is 0.451 e. The van der Waals surface area contributed by atoms with Gasteiger partial charge in [-0.1, -0.05) is 41.4 Å². The molecule has 2 aromatic heterocycles. The number of benzene rings is 3. The average Bonchev–Trinajstić information content (AvgIpc) is 3.49. The van der Waals surface area contributed by atoms with Gasteiger partial charge in [-0.25, -0.2) is 4.98 Å². The normalized spacial score (nSPS) is 10.9. The van der Waals surface area contributed by atoms with Gasteiger partial charge in [0, 0.05) is 16.8 Å². The fraction of sp³-hybridized carbons (Fsp3) is 0. The maximum atomic E-state index is 12.6. The van der Waals surface area contributed by atoms with Crippen LogP contribution in [0.15, 0.2) is 83.3 Å². The predicted molar refractivity (Wildman–Crippen MR) is 143 cm³/mol. The van der Waals surface area contributed by atoms with E-state index in [1.165, 1.54) is 0 Å². The molecule has 1 amide bonds. The summed E-state index contributed by atoms with van der Waals surface area (Å²) < 4.78 is 6.80. The van der Waals surface area contributed by atoms with E-state index >= 15 is 0 Å². The lowest BCUT2D eigenvalue weighted by Crippen LogP contribution is -2.33. The van der Waals surface area contributed by atoms with Crippen molar-refractivity contribution in [2.45, 2.75) is 0 Å². The molecule has 3 aromatic carbocycles. The predicted octanol–water partition coefficient (Wildman–Crippen LogP) is 7.66. The number of hydrogen-bond donors (Lipinski definition) is 2. The Morgan fingerprint density at radius 3 is 2.53 bits per heavy atom. The molecule has 0 fully saturated rings. The van der Waals surface area contributed by atoms with Gasteiger partial charge in [-0.2, -0.15) is 0 Å². The van der Waals surface area contributed by atoms with Gasteiger partial charge < -0.3 is 9.73 Å². The van der Waals surface area contributed by atoms with Crippen LogP contribution in [0, 0.1) is 0 Å². The molecule has 0 saturated carbocycles. The molecule has 2 N–H and O–H groups in total. The fourth-order valence-electron chi connectivity index (χ4n) is 3.32. The van der Waals surface area contributed by atoms with Gasteiger partial charge in [-0.3, -0.25) is 10.1 Å². The van der Waals surface area contributed by atoms with Gasteiger partial charge in [0.05, 0.1) is 20.3 Å². The van der Waals surface area contributed by atoms with Crippen LogP contribution in [0.2, 0.25) is 10.0 Å². The molecule has 5 aromatic rings. The van der Waals surface area contributed by atoms with Gasteiger partial charge in [-0.15, -0.1) is 11.3 Å². The quantitative estimate of drug-likeness (QED) is 0.236. The van der Waals surface area contributed by atoms with Crippen molar-refractivity contribution in [1.82, 2.24) is 10.3 Å². The Labute approximate surface area is 214 Å². The van der Waals surface area contributed by atoms with E-state index in [4.69, 9.17) is 39.8 Å². The van der Waals surface area contributed by atoms with Gasteiger partial charge in [-0.05, 0) is 72.9 Å². The molecule has 34 heavy (non-hydrogen) atoms. The highest BCUT2D eigenvalue weighted by Crippen LogP contribution is 2.34. The van der Waals surface area contributed by atoms with Gasteiger partial charge >= 0.3 is 0 Å². The molecule has 0 spiro atoms. The molecule has 168 valence electrons. The lowest BCUT2D eigenvalue weighted by molar-refractivity contribution is 0.0951. The summed E-state index contributed by atoms with van der Waals surface area (Å²) in [7, 11) is 0. The van der Waals surface area contributed by atoms with Crippen LogP contribution in [0.5, 0.6) is 0 Å². The zero-order valence-corrected chi connectivity index (χ0v) is 20.5. The van der Waals surface area contributed by atoms with E-state index < -0.39 is 5.91 Å². The molecule has 0 atom stereocenters. The van der Waals surface area contributed by atoms with Crippen LogP contribution >= 0.6 is 46.8 Å². The third-order valence-corrected chi connectivity index (χ3v) is 7.07. The monoisotopic (exact) mass is 523 g/mol. The van der Waals surface area contributed by atoms with Crippen molar-refractivity contribution in [1.29, 1.82) is 0 Å². The smallest absolute Gasteiger partial charge is 0.293 e. The lowest BCUT2D eigenvalue weighted by Gasteiger charge is -2.09. The molecule has 2 heterocycles. The number of hydrogen-bond acceptors (Lipinski definition) is 5. The third-order valence-electron chi connectivity index (χ3n) is 4.96. The van der Waals surface area contributed by atoms with Crippen LogP contribution in [0.3, 0.4) is 0 Å². The molecule has 0 radical (unpaired) electrons. The highest BCUT2D eigenvalue weighted by Gasteiger charge is 2.16. The third kappa shape index (κ3) is 4.69. The Balaban J connectivity index is 1.23. The van der Waals surface area contributed by atoms with E-state index in [9.17, 15) is 4.79 Å². The Hall–Kier alpha value is -3.23. The van der Waals surface area contributed by atoms with Gasteiger partial charge in [0.1, 0.15) is 10.8 Å². The van der Waals surface area contributed by atoms with Crippen molar-refractivity contribution in [3.63, 3.8) is 0 Å². The minimum Gasteiger partial charge on any atom is -0.451 e. The van der Waals surface area contributed by atoms with Crippen LogP contribution in [0.4, 0.5) is 5.69 Å². The Morgan fingerprint density at radius 2 is 1.74 bits per heavy atom. The molecular weight excluding hydrogens is 509 g/mol. The average molecular weight is 524 g/mol. The summed E-state index contributed by atoms with van der Waals surface area (Å²) in [4.78, 5) is 17.2. The Morgan fingerprint density at radius 1 is 0.941 bits per heavy atom. The number of rotatable bonds is 4. The van der Waals surface area contributed by atoms with E-state index in [2.05, 4.69) is 21.7 Å². The first-order chi connectivity index (χ1) is 16.5. The number of para-hydroxylation sites is 1. The number of furan rings is 1. The minimum atomic E-state index is -0.479. The summed E-state index contributed by atoms with van der Waals surface area (Å²) in [5.74, 6) is 0.0522. The van der Waals surface area contributed by atoms with E-state index in [1.54, 1.807) is 41.7 Å². The molecule has 0 saturated heterocycles. The summed E-state index contributed by atoms with van der Waals surface area (Å²) >= 11 is 19.2. The second-order valence-electron chi connectivity index (χ2n) is 7.24. The number of thiazole rings is 1. The first kappa shape index (κ1) is 22.6. The highest BCUT2D eigenvalue weighted by molar-refractivity contribution is 7.80. The van der Waals surface area contributed by atoms with Crippen LogP contribution in [0.25, 0.3) is 32.1 Å². The van der Waals surface area contributed by atoms with E-state index in [0.29, 0.717) is 21.4 Å². The van der Waals surface area contributed by atoms with Gasteiger partial charge in [0.15, 0.2) is 10.9 Å². The number of nitrogens with one attached hydrogen (secondary N) is 2. The fourth-order valence-corrected chi connectivity index (χ4v) is 4.89. The summed E-state index contributed by atoms with van der Waals surface area (Å²) in [6.07, 6.45) is 0. The number of halogens is 2. The van der Waals surface area contributed by atoms with E-state index in [-0.39, 0.29) is 10.9 Å². The van der Waals surface area contributed by atoms with Crippen molar-refractivity contribution < 1.29 is 9.21 Å². The second kappa shape index (κ2) is 9.56. The standard InChI is InChI=1S/C25H15Cl2N3O2S2/c26-17-5-3-4-16(22(17)27)19-12-13-20(32-19)23(31)30-25(33)28-15-10-8-14(9-11-15)24-29-18-6-1-2-7-21(18)34-24/h1-13H,(H2,28,30,31,33). The van der Waals surface area contributed by atoms with Gasteiger partial charge in [0.25, 0.3) is 5.91 Å². The zero-order valence-electron chi connectivity index (χ0n) is 17.3. The summed E-state index contributed by atoms with van der Waals surface area (Å²) in [5, 5.41) is 7.48. The molecule has 5 nitrogen and oxygen atoms in total. The van der Waals surface area contributed by atoms with Crippen LogP contribution in [-0.4, -0.2) is 16.0 Å². The summed E-state index contributed by atoms with van der Waals surface area (Å²) in [6, 6.07) is 24.1. The molecule has 0 aliphatic heterocycles. The Bertz CT molecular complexity index is 1490. The number of aromatic nitrogens is 1. The summed E-state index contributed by atoms with van der Waals surface area (Å²) in [6.45, 7) is 0. The number of fused-ring (bicyclic) bond motifs is 1. The van der Waals surface area contributed by atoms with Gasteiger partial charge in [0.2, 0.25) is 0 Å². The Kier molecular flexibility index (Phi) is 6.34. The maximum Gasteiger partial charge on any atom is 0.293 e. The molecule has 0 aliphatic rings. The first-order valence-electron chi connectivity index (χ1n) is 10.1. The molecule has 0 aliphatic carbocycles. The van der Waals surface area contributed by atoms with Crippen molar-refractivity contribution in [2.24, 2.45) is 0 Å². The maximum absolute atomic E-state index is 12.6. The SMILES string of the molecule is O=C(NC(=S)Nc1ccc(-c2nc3ccccc3s2)cc1)c1ccc(-c2cccc(Cl)c2Cl)o1.